The van der Waals surface area contributed by atoms with Crippen molar-refractivity contribution in [1.29, 1.82) is 0 Å². The van der Waals surface area contributed by atoms with Crippen LogP contribution in [0.5, 0.6) is 0 Å². The summed E-state index contributed by atoms with van der Waals surface area (Å²) in [7, 11) is 0. The van der Waals surface area contributed by atoms with Gasteiger partial charge in [-0.25, -0.2) is 14.4 Å². The van der Waals surface area contributed by atoms with Crippen LogP contribution in [-0.2, 0) is 13.0 Å². The molecule has 0 fully saturated rings. The Balaban J connectivity index is 1.74. The highest BCUT2D eigenvalue weighted by Gasteiger charge is 2.06. The van der Waals surface area contributed by atoms with Crippen LogP contribution in [0.2, 0.25) is 0 Å². The highest BCUT2D eigenvalue weighted by atomic mass is 32.1. The summed E-state index contributed by atoms with van der Waals surface area (Å²) in [5, 5.41) is 3.87. The molecule has 0 amide bonds. The Hall–Kier alpha value is -1.95. The molecule has 4 nitrogen and oxygen atoms in total. The van der Waals surface area contributed by atoms with Gasteiger partial charge >= 0.3 is 0 Å². The highest BCUT2D eigenvalue weighted by Crippen LogP contribution is 2.26. The zero-order valence-electron chi connectivity index (χ0n) is 10.3. The maximum Gasteiger partial charge on any atom is 0.213 e. The number of hydrogen-bond acceptors (Lipinski definition) is 5. The number of nitrogens with one attached hydrogen (secondary N) is 1. The molecule has 0 saturated carbocycles. The molecule has 2 aromatic heterocycles. The molecule has 0 radical (unpaired) electrons. The molecule has 0 aliphatic heterocycles. The number of aromatic nitrogens is 2. The molecule has 98 valence electrons. The third-order valence-corrected chi connectivity index (χ3v) is 3.67. The number of benzene rings is 1. The van der Waals surface area contributed by atoms with E-state index in [-0.39, 0.29) is 5.82 Å². The summed E-state index contributed by atoms with van der Waals surface area (Å²) in [4.78, 5) is 8.52. The Bertz CT molecular complexity index is 707. The van der Waals surface area contributed by atoms with Crippen molar-refractivity contribution < 1.29 is 8.81 Å². The summed E-state index contributed by atoms with van der Waals surface area (Å²) in [6.45, 7) is 2.49. The zero-order chi connectivity index (χ0) is 13.2. The lowest BCUT2D eigenvalue weighted by Crippen LogP contribution is -1.98. The summed E-state index contributed by atoms with van der Waals surface area (Å²) in [5.74, 6) is 1.24. The Labute approximate surface area is 113 Å². The van der Waals surface area contributed by atoms with E-state index in [1.54, 1.807) is 12.3 Å². The average molecular weight is 277 g/mol. The molecule has 1 N–H and O–H groups in total. The fourth-order valence-electron chi connectivity index (χ4n) is 1.72. The molecule has 1 aromatic carbocycles. The summed E-state index contributed by atoms with van der Waals surface area (Å²) in [6, 6.07) is 4.57. The fraction of sp³-hybridized carbons (Fsp3) is 0.231. The molecule has 0 aliphatic carbocycles. The molecule has 3 rings (SSSR count). The molecule has 0 bridgehead atoms. The number of hydrogen-bond donors (Lipinski definition) is 1. The minimum Gasteiger partial charge on any atom is -0.444 e. The van der Waals surface area contributed by atoms with Crippen molar-refractivity contribution in [3.8, 4) is 0 Å². The summed E-state index contributed by atoms with van der Waals surface area (Å²) in [6.07, 6.45) is 2.55. The van der Waals surface area contributed by atoms with E-state index in [4.69, 9.17) is 4.42 Å². The van der Waals surface area contributed by atoms with Gasteiger partial charge in [-0.3, -0.25) is 0 Å². The van der Waals surface area contributed by atoms with Gasteiger partial charge in [0.15, 0.2) is 5.13 Å². The van der Waals surface area contributed by atoms with Crippen molar-refractivity contribution in [2.45, 2.75) is 19.9 Å². The first kappa shape index (κ1) is 12.1. The number of nitrogens with zero attached hydrogens (tertiary/aromatic N) is 2. The molecule has 2 heterocycles. The number of halogens is 1. The van der Waals surface area contributed by atoms with Crippen molar-refractivity contribution in [3.05, 3.63) is 41.9 Å². The zero-order valence-corrected chi connectivity index (χ0v) is 11.1. The predicted molar refractivity (Wildman–Crippen MR) is 72.8 cm³/mol. The first-order valence-corrected chi connectivity index (χ1v) is 6.80. The van der Waals surface area contributed by atoms with Gasteiger partial charge in [-0.15, -0.1) is 0 Å². The molecule has 0 aliphatic rings. The molecule has 19 heavy (non-hydrogen) atoms. The van der Waals surface area contributed by atoms with Crippen LogP contribution in [0.15, 0.2) is 28.8 Å². The Kier molecular flexibility index (Phi) is 3.16. The molecule has 3 aromatic rings. The minimum atomic E-state index is -0.247. The van der Waals surface area contributed by atoms with Crippen LogP contribution >= 0.6 is 11.3 Å². The molecule has 0 atom stereocenters. The maximum atomic E-state index is 13.1. The lowest BCUT2D eigenvalue weighted by molar-refractivity contribution is 0.466. The van der Waals surface area contributed by atoms with Crippen LogP contribution in [0.25, 0.3) is 10.2 Å². The van der Waals surface area contributed by atoms with Crippen LogP contribution in [0.4, 0.5) is 9.52 Å². The lowest BCUT2D eigenvalue weighted by atomic mass is 10.3. The van der Waals surface area contributed by atoms with Crippen molar-refractivity contribution in [2.75, 3.05) is 5.32 Å². The van der Waals surface area contributed by atoms with Gasteiger partial charge in [0.2, 0.25) is 5.89 Å². The molecule has 0 spiro atoms. The smallest absolute Gasteiger partial charge is 0.213 e. The van der Waals surface area contributed by atoms with E-state index in [2.05, 4.69) is 15.3 Å². The highest BCUT2D eigenvalue weighted by molar-refractivity contribution is 7.22. The number of thiazole rings is 1. The largest absolute Gasteiger partial charge is 0.444 e. The summed E-state index contributed by atoms with van der Waals surface area (Å²) in [5.41, 5.74) is 0.788. The van der Waals surface area contributed by atoms with Crippen LogP contribution < -0.4 is 5.32 Å². The second-order valence-corrected chi connectivity index (χ2v) is 5.09. The number of anilines is 1. The molecular weight excluding hydrogens is 265 g/mol. The quantitative estimate of drug-likeness (QED) is 0.791. The van der Waals surface area contributed by atoms with Crippen LogP contribution in [0.3, 0.4) is 0 Å². The third-order valence-electron chi connectivity index (χ3n) is 2.69. The van der Waals surface area contributed by atoms with Gasteiger partial charge in [0.25, 0.3) is 0 Å². The first-order chi connectivity index (χ1) is 9.24. The van der Waals surface area contributed by atoms with Gasteiger partial charge < -0.3 is 9.73 Å². The van der Waals surface area contributed by atoms with E-state index in [0.29, 0.717) is 12.4 Å². The van der Waals surface area contributed by atoms with E-state index in [1.807, 2.05) is 6.92 Å². The van der Waals surface area contributed by atoms with Gasteiger partial charge in [-0.2, -0.15) is 0 Å². The number of fused-ring (bicyclic) bond motifs is 1. The van der Waals surface area contributed by atoms with Gasteiger partial charge in [-0.1, -0.05) is 18.3 Å². The van der Waals surface area contributed by atoms with Crippen molar-refractivity contribution in [3.63, 3.8) is 0 Å². The van der Waals surface area contributed by atoms with Gasteiger partial charge in [0, 0.05) is 6.42 Å². The Morgan fingerprint density at radius 2 is 2.32 bits per heavy atom. The number of rotatable bonds is 4. The fourth-order valence-corrected chi connectivity index (χ4v) is 2.60. The number of oxazole rings is 1. The van der Waals surface area contributed by atoms with E-state index >= 15 is 0 Å². The van der Waals surface area contributed by atoms with Crippen LogP contribution in [-0.4, -0.2) is 9.97 Å². The van der Waals surface area contributed by atoms with Crippen molar-refractivity contribution >= 4 is 26.7 Å². The second-order valence-electron chi connectivity index (χ2n) is 4.06. The monoisotopic (exact) mass is 277 g/mol. The van der Waals surface area contributed by atoms with Gasteiger partial charge in [0.05, 0.1) is 23.0 Å². The lowest BCUT2D eigenvalue weighted by Gasteiger charge is -1.97. The van der Waals surface area contributed by atoms with Gasteiger partial charge in [-0.05, 0) is 18.2 Å². The summed E-state index contributed by atoms with van der Waals surface area (Å²) >= 11 is 1.41. The average Bonchev–Trinajstić information content (AvgIpc) is 3.01. The van der Waals surface area contributed by atoms with Crippen LogP contribution in [0.1, 0.15) is 18.6 Å². The topological polar surface area (TPSA) is 51.0 Å². The van der Waals surface area contributed by atoms with Crippen LogP contribution in [0, 0.1) is 5.82 Å². The molecular formula is C13H12FN3OS. The minimum absolute atomic E-state index is 0.247. The molecule has 0 saturated heterocycles. The third kappa shape index (κ3) is 2.58. The molecule has 6 heteroatoms. The predicted octanol–water partition coefficient (Wildman–Crippen LogP) is 3.60. The normalized spacial score (nSPS) is 11.1. The van der Waals surface area contributed by atoms with E-state index in [0.717, 1.165) is 27.5 Å². The maximum absolute atomic E-state index is 13.1. The van der Waals surface area contributed by atoms with Crippen molar-refractivity contribution in [1.82, 2.24) is 9.97 Å². The van der Waals surface area contributed by atoms with Crippen molar-refractivity contribution in [2.24, 2.45) is 0 Å². The molecule has 0 unspecified atom stereocenters. The SMILES string of the molecule is CCc1cnc(CNc2nc3ccc(F)cc3s2)o1. The number of aryl methyl sites for hydroxylation is 1. The Morgan fingerprint density at radius 1 is 1.42 bits per heavy atom. The van der Waals surface area contributed by atoms with E-state index in [9.17, 15) is 4.39 Å². The standard InChI is InChI=1S/C13H12FN3OS/c1-2-9-6-15-12(18-9)7-16-13-17-10-4-3-8(14)5-11(10)19-13/h3-6H,2,7H2,1H3,(H,16,17). The first-order valence-electron chi connectivity index (χ1n) is 5.98. The van der Waals surface area contributed by atoms with E-state index < -0.39 is 0 Å². The van der Waals surface area contributed by atoms with Gasteiger partial charge in [0.1, 0.15) is 11.6 Å². The van der Waals surface area contributed by atoms with E-state index in [1.165, 1.54) is 23.5 Å². The Morgan fingerprint density at radius 3 is 3.11 bits per heavy atom. The summed E-state index contributed by atoms with van der Waals surface area (Å²) < 4.78 is 19.4. The second kappa shape index (κ2) is 4.97.